The molecule has 0 aliphatic rings. The molecule has 51 heavy (non-hydrogen) atoms. The van der Waals surface area contributed by atoms with Crippen molar-refractivity contribution in [1.29, 1.82) is 0 Å². The predicted molar refractivity (Wildman–Crippen MR) is 217 cm³/mol. The first-order valence-electron chi connectivity index (χ1n) is 17.3. The van der Waals surface area contributed by atoms with Crippen LogP contribution in [-0.4, -0.2) is 0 Å². The Morgan fingerprint density at radius 3 is 1.41 bits per heavy atom. The summed E-state index contributed by atoms with van der Waals surface area (Å²) in [5.74, 6) is 0. The van der Waals surface area contributed by atoms with E-state index in [2.05, 4.69) is 140 Å². The van der Waals surface area contributed by atoms with E-state index in [1.807, 2.05) is 29.5 Å². The quantitative estimate of drug-likeness (QED) is 0.172. The molecular formula is C48H26O2S. The van der Waals surface area contributed by atoms with Gasteiger partial charge in [-0.15, -0.1) is 11.3 Å². The molecule has 0 aliphatic heterocycles. The highest BCUT2D eigenvalue weighted by molar-refractivity contribution is 7.26. The van der Waals surface area contributed by atoms with Crippen molar-refractivity contribution in [3.8, 4) is 22.3 Å². The maximum absolute atomic E-state index is 6.42. The van der Waals surface area contributed by atoms with Crippen molar-refractivity contribution in [3.05, 3.63) is 158 Å². The van der Waals surface area contributed by atoms with Crippen LogP contribution in [0.4, 0.5) is 0 Å². The van der Waals surface area contributed by atoms with E-state index in [1.165, 1.54) is 74.7 Å². The van der Waals surface area contributed by atoms with Crippen LogP contribution < -0.4 is 0 Å². The smallest absolute Gasteiger partial charge is 0.143 e. The van der Waals surface area contributed by atoms with Crippen LogP contribution in [0.25, 0.3) is 119 Å². The summed E-state index contributed by atoms with van der Waals surface area (Å²) in [6.07, 6.45) is 0. The van der Waals surface area contributed by atoms with Crippen LogP contribution >= 0.6 is 11.3 Å². The Morgan fingerprint density at radius 2 is 0.765 bits per heavy atom. The lowest BCUT2D eigenvalue weighted by atomic mass is 9.85. The van der Waals surface area contributed by atoms with Crippen LogP contribution in [0.2, 0.25) is 0 Å². The lowest BCUT2D eigenvalue weighted by Gasteiger charge is -2.18. The van der Waals surface area contributed by atoms with Crippen LogP contribution in [0, 0.1) is 0 Å². The van der Waals surface area contributed by atoms with Gasteiger partial charge in [-0.1, -0.05) is 109 Å². The zero-order chi connectivity index (χ0) is 33.2. The fourth-order valence-electron chi connectivity index (χ4n) is 8.61. The molecular weight excluding hydrogens is 641 g/mol. The average Bonchev–Trinajstić information content (AvgIpc) is 3.88. The molecule has 0 N–H and O–H groups in total. The number of fused-ring (bicyclic) bond motifs is 14. The van der Waals surface area contributed by atoms with Crippen molar-refractivity contribution in [2.24, 2.45) is 0 Å². The third-order valence-corrected chi connectivity index (χ3v) is 12.1. The van der Waals surface area contributed by atoms with Gasteiger partial charge in [-0.3, -0.25) is 0 Å². The highest BCUT2D eigenvalue weighted by Crippen LogP contribution is 2.47. The molecule has 0 fully saturated rings. The SMILES string of the molecule is c1ccc2c(c1)oc1ccc(-c3c4ccccc4c(-c4ccc5sc6c(ccc7c6ccc6c8ccccc8oc67)c5c4)c4ccccc34)cc12. The van der Waals surface area contributed by atoms with E-state index in [9.17, 15) is 0 Å². The fraction of sp³-hybridized carbons (Fsp3) is 0. The molecule has 0 saturated heterocycles. The van der Waals surface area contributed by atoms with E-state index in [1.54, 1.807) is 0 Å². The molecule has 0 radical (unpaired) electrons. The molecule has 2 nitrogen and oxygen atoms in total. The van der Waals surface area contributed by atoms with Crippen LogP contribution in [0.15, 0.2) is 167 Å². The number of thiophene rings is 1. The molecule has 0 spiro atoms. The molecule has 0 bridgehead atoms. The summed E-state index contributed by atoms with van der Waals surface area (Å²) in [4.78, 5) is 0. The number of benzene rings is 9. The Labute approximate surface area is 295 Å². The van der Waals surface area contributed by atoms with E-state index in [-0.39, 0.29) is 0 Å². The van der Waals surface area contributed by atoms with Crippen LogP contribution in [0.3, 0.4) is 0 Å². The average molecular weight is 667 g/mol. The van der Waals surface area contributed by atoms with E-state index < -0.39 is 0 Å². The van der Waals surface area contributed by atoms with Gasteiger partial charge >= 0.3 is 0 Å². The van der Waals surface area contributed by atoms with E-state index in [4.69, 9.17) is 8.83 Å². The van der Waals surface area contributed by atoms with Crippen molar-refractivity contribution in [2.75, 3.05) is 0 Å². The maximum Gasteiger partial charge on any atom is 0.143 e. The first kappa shape index (κ1) is 27.4. The fourth-order valence-corrected chi connectivity index (χ4v) is 9.82. The zero-order valence-corrected chi connectivity index (χ0v) is 28.1. The van der Waals surface area contributed by atoms with Crippen LogP contribution in [0.5, 0.6) is 0 Å². The van der Waals surface area contributed by atoms with Crippen LogP contribution in [0.1, 0.15) is 0 Å². The van der Waals surface area contributed by atoms with E-state index in [0.717, 1.165) is 43.9 Å². The monoisotopic (exact) mass is 666 g/mol. The molecule has 9 aromatic carbocycles. The minimum absolute atomic E-state index is 0.913. The lowest BCUT2D eigenvalue weighted by molar-refractivity contribution is 0.669. The Kier molecular flexibility index (Phi) is 5.41. The molecule has 3 heteroatoms. The number of hydrogen-bond donors (Lipinski definition) is 0. The van der Waals surface area contributed by atoms with Gasteiger partial charge in [0.05, 0.1) is 0 Å². The van der Waals surface area contributed by atoms with Gasteiger partial charge in [-0.2, -0.15) is 0 Å². The summed E-state index contributed by atoms with van der Waals surface area (Å²) < 4.78 is 15.2. The molecule has 12 aromatic rings. The van der Waals surface area contributed by atoms with Gasteiger partial charge in [-0.25, -0.2) is 0 Å². The van der Waals surface area contributed by atoms with E-state index >= 15 is 0 Å². The Bertz CT molecular complexity index is 3370. The third kappa shape index (κ3) is 3.76. The highest BCUT2D eigenvalue weighted by atomic mass is 32.1. The van der Waals surface area contributed by atoms with Crippen molar-refractivity contribution in [3.63, 3.8) is 0 Å². The second-order valence-corrected chi connectivity index (χ2v) is 14.6. The second kappa shape index (κ2) is 10.1. The van der Waals surface area contributed by atoms with Crippen molar-refractivity contribution < 1.29 is 8.83 Å². The maximum atomic E-state index is 6.42. The topological polar surface area (TPSA) is 26.3 Å². The van der Waals surface area contributed by atoms with Gasteiger partial charge in [0, 0.05) is 52.5 Å². The lowest BCUT2D eigenvalue weighted by Crippen LogP contribution is -1.90. The molecule has 0 unspecified atom stereocenters. The molecule has 236 valence electrons. The van der Waals surface area contributed by atoms with Crippen molar-refractivity contribution >= 4 is 108 Å². The summed E-state index contributed by atoms with van der Waals surface area (Å²) in [6.45, 7) is 0. The summed E-state index contributed by atoms with van der Waals surface area (Å²) >= 11 is 1.87. The van der Waals surface area contributed by atoms with Crippen LogP contribution in [-0.2, 0) is 0 Å². The van der Waals surface area contributed by atoms with Gasteiger partial charge in [0.15, 0.2) is 0 Å². The normalized spacial score (nSPS) is 12.3. The first-order chi connectivity index (χ1) is 25.3. The summed E-state index contributed by atoms with van der Waals surface area (Å²) in [5.41, 5.74) is 8.67. The number of rotatable bonds is 2. The molecule has 0 saturated carbocycles. The molecule has 0 aliphatic carbocycles. The molecule has 12 rings (SSSR count). The summed E-state index contributed by atoms with van der Waals surface area (Å²) in [7, 11) is 0. The minimum atomic E-state index is 0.913. The molecule has 0 amide bonds. The Balaban J connectivity index is 1.10. The summed E-state index contributed by atoms with van der Waals surface area (Å²) in [5, 5.41) is 14.6. The number of furan rings is 2. The van der Waals surface area contributed by atoms with Gasteiger partial charge in [0.25, 0.3) is 0 Å². The minimum Gasteiger partial charge on any atom is -0.456 e. The van der Waals surface area contributed by atoms with E-state index in [0.29, 0.717) is 0 Å². The second-order valence-electron chi connectivity index (χ2n) is 13.5. The predicted octanol–water partition coefficient (Wildman–Crippen LogP) is 14.6. The van der Waals surface area contributed by atoms with Gasteiger partial charge in [0.1, 0.15) is 22.3 Å². The first-order valence-corrected chi connectivity index (χ1v) is 18.1. The number of hydrogen-bond acceptors (Lipinski definition) is 3. The van der Waals surface area contributed by atoms with Gasteiger partial charge < -0.3 is 8.83 Å². The molecule has 0 atom stereocenters. The zero-order valence-electron chi connectivity index (χ0n) is 27.2. The Hall–Kier alpha value is -6.42. The standard InChI is InChI=1S/C48H26O2S/c1-3-13-33-31(11-1)45(27-17-23-43-39(25-27)30-10-6-7-15-41(30)49-43)32-12-2-4-14-34(32)46(33)28-18-24-44-40(26-28)38-22-20-36-37(48(38)51-44)21-19-35-29-9-5-8-16-42(29)50-47(35)36/h1-26H. The van der Waals surface area contributed by atoms with Crippen molar-refractivity contribution in [1.82, 2.24) is 0 Å². The van der Waals surface area contributed by atoms with Gasteiger partial charge in [0.2, 0.25) is 0 Å². The molecule has 3 heterocycles. The largest absolute Gasteiger partial charge is 0.456 e. The van der Waals surface area contributed by atoms with Gasteiger partial charge in [-0.05, 0) is 92.3 Å². The Morgan fingerprint density at radius 1 is 0.314 bits per heavy atom. The highest BCUT2D eigenvalue weighted by Gasteiger charge is 2.20. The van der Waals surface area contributed by atoms with Crippen molar-refractivity contribution in [2.45, 2.75) is 0 Å². The third-order valence-electron chi connectivity index (χ3n) is 10.9. The summed E-state index contributed by atoms with van der Waals surface area (Å²) in [6, 6.07) is 57.2. The molecule has 3 aromatic heterocycles. The number of para-hydroxylation sites is 2.